The summed E-state index contributed by atoms with van der Waals surface area (Å²) in [5.74, 6) is 0. The van der Waals surface area contributed by atoms with E-state index in [1.807, 2.05) is 0 Å². The predicted octanol–water partition coefficient (Wildman–Crippen LogP) is 3.05. The Morgan fingerprint density at radius 1 is 1.44 bits per heavy atom. The van der Waals surface area contributed by atoms with Gasteiger partial charge in [0.1, 0.15) is 0 Å². The molecule has 0 fully saturated rings. The summed E-state index contributed by atoms with van der Waals surface area (Å²) in [6.45, 7) is 8.68. The number of hydrogen-bond donors (Lipinski definition) is 1. The normalized spacial score (nSPS) is 12.8. The van der Waals surface area contributed by atoms with Gasteiger partial charge in [0.05, 0.1) is 5.69 Å². The van der Waals surface area contributed by atoms with Crippen molar-refractivity contribution in [2.75, 3.05) is 25.0 Å². The lowest BCUT2D eigenvalue weighted by atomic mass is 10.2. The summed E-state index contributed by atoms with van der Waals surface area (Å²) in [7, 11) is 2.11. The van der Waals surface area contributed by atoms with Gasteiger partial charge in [-0.3, -0.25) is 0 Å². The SMILES string of the molecule is CCCNC(C)c1csc(N(C)CCC)n1. The largest absolute Gasteiger partial charge is 0.351 e. The average molecular weight is 241 g/mol. The van der Waals surface area contributed by atoms with Crippen LogP contribution < -0.4 is 10.2 Å². The van der Waals surface area contributed by atoms with E-state index in [0.29, 0.717) is 6.04 Å². The van der Waals surface area contributed by atoms with Crippen molar-refractivity contribution in [2.24, 2.45) is 0 Å². The number of anilines is 1. The van der Waals surface area contributed by atoms with Crippen LogP contribution in [0.5, 0.6) is 0 Å². The van der Waals surface area contributed by atoms with Gasteiger partial charge in [-0.2, -0.15) is 0 Å². The molecule has 0 aliphatic heterocycles. The maximum Gasteiger partial charge on any atom is 0.185 e. The van der Waals surface area contributed by atoms with Crippen molar-refractivity contribution in [1.29, 1.82) is 0 Å². The van der Waals surface area contributed by atoms with Crippen LogP contribution in [-0.4, -0.2) is 25.1 Å². The minimum absolute atomic E-state index is 0.361. The summed E-state index contributed by atoms with van der Waals surface area (Å²) in [5.41, 5.74) is 1.16. The summed E-state index contributed by atoms with van der Waals surface area (Å²) in [6, 6.07) is 0.361. The number of aromatic nitrogens is 1. The lowest BCUT2D eigenvalue weighted by Crippen LogP contribution is -2.20. The van der Waals surface area contributed by atoms with E-state index < -0.39 is 0 Å². The van der Waals surface area contributed by atoms with E-state index in [2.05, 4.69) is 48.4 Å². The third-order valence-electron chi connectivity index (χ3n) is 2.54. The maximum absolute atomic E-state index is 4.66. The van der Waals surface area contributed by atoms with Crippen molar-refractivity contribution >= 4 is 16.5 Å². The number of thiazole rings is 1. The molecule has 1 N–H and O–H groups in total. The molecule has 1 atom stereocenters. The van der Waals surface area contributed by atoms with Crippen molar-refractivity contribution in [3.63, 3.8) is 0 Å². The summed E-state index contributed by atoms with van der Waals surface area (Å²) in [5, 5.41) is 6.75. The van der Waals surface area contributed by atoms with Gasteiger partial charge in [0.25, 0.3) is 0 Å². The van der Waals surface area contributed by atoms with Gasteiger partial charge in [-0.25, -0.2) is 4.98 Å². The maximum atomic E-state index is 4.66. The molecular weight excluding hydrogens is 218 g/mol. The monoisotopic (exact) mass is 241 g/mol. The Bertz CT molecular complexity index is 298. The number of nitrogens with one attached hydrogen (secondary N) is 1. The van der Waals surface area contributed by atoms with E-state index in [9.17, 15) is 0 Å². The fourth-order valence-electron chi connectivity index (χ4n) is 1.55. The molecule has 1 unspecified atom stereocenters. The minimum Gasteiger partial charge on any atom is -0.351 e. The van der Waals surface area contributed by atoms with Crippen LogP contribution in [0.1, 0.15) is 45.3 Å². The van der Waals surface area contributed by atoms with Crippen molar-refractivity contribution in [2.45, 2.75) is 39.7 Å². The van der Waals surface area contributed by atoms with Crippen molar-refractivity contribution < 1.29 is 0 Å². The van der Waals surface area contributed by atoms with Gasteiger partial charge in [0.15, 0.2) is 5.13 Å². The first-order valence-corrected chi connectivity index (χ1v) is 6.96. The molecule has 0 saturated carbocycles. The molecule has 1 rings (SSSR count). The topological polar surface area (TPSA) is 28.2 Å². The van der Waals surface area contributed by atoms with Gasteiger partial charge < -0.3 is 10.2 Å². The Balaban J connectivity index is 2.56. The van der Waals surface area contributed by atoms with E-state index in [4.69, 9.17) is 0 Å². The zero-order valence-electron chi connectivity index (χ0n) is 10.8. The highest BCUT2D eigenvalue weighted by atomic mass is 32.1. The summed E-state index contributed by atoms with van der Waals surface area (Å²) in [6.07, 6.45) is 2.33. The first kappa shape index (κ1) is 13.5. The van der Waals surface area contributed by atoms with Gasteiger partial charge in [-0.05, 0) is 26.3 Å². The fourth-order valence-corrected chi connectivity index (χ4v) is 2.46. The lowest BCUT2D eigenvalue weighted by molar-refractivity contribution is 0.561. The van der Waals surface area contributed by atoms with Crippen LogP contribution >= 0.6 is 11.3 Å². The zero-order chi connectivity index (χ0) is 12.0. The van der Waals surface area contributed by atoms with Crippen LogP contribution in [0.3, 0.4) is 0 Å². The quantitative estimate of drug-likeness (QED) is 0.795. The van der Waals surface area contributed by atoms with Crippen LogP contribution in [0.4, 0.5) is 5.13 Å². The second kappa shape index (κ2) is 6.86. The van der Waals surface area contributed by atoms with Crippen LogP contribution in [0.15, 0.2) is 5.38 Å². The Morgan fingerprint density at radius 3 is 2.81 bits per heavy atom. The first-order valence-electron chi connectivity index (χ1n) is 6.09. The minimum atomic E-state index is 0.361. The van der Waals surface area contributed by atoms with Gasteiger partial charge in [-0.15, -0.1) is 11.3 Å². The van der Waals surface area contributed by atoms with E-state index in [1.54, 1.807) is 11.3 Å². The van der Waals surface area contributed by atoms with Crippen molar-refractivity contribution in [3.05, 3.63) is 11.1 Å². The molecule has 0 spiro atoms. The number of rotatable bonds is 7. The van der Waals surface area contributed by atoms with Gasteiger partial charge in [-0.1, -0.05) is 13.8 Å². The number of nitrogens with zero attached hydrogens (tertiary/aromatic N) is 2. The first-order chi connectivity index (χ1) is 7.69. The lowest BCUT2D eigenvalue weighted by Gasteiger charge is -2.14. The molecule has 1 heterocycles. The van der Waals surface area contributed by atoms with Crippen LogP contribution in [0.25, 0.3) is 0 Å². The number of hydrogen-bond acceptors (Lipinski definition) is 4. The smallest absolute Gasteiger partial charge is 0.185 e. The summed E-state index contributed by atoms with van der Waals surface area (Å²) in [4.78, 5) is 6.89. The molecule has 1 aromatic heterocycles. The third kappa shape index (κ3) is 3.76. The zero-order valence-corrected chi connectivity index (χ0v) is 11.6. The van der Waals surface area contributed by atoms with E-state index >= 15 is 0 Å². The summed E-state index contributed by atoms with van der Waals surface area (Å²) < 4.78 is 0. The molecule has 0 amide bonds. The second-order valence-corrected chi connectivity index (χ2v) is 4.99. The Labute approximate surface area is 103 Å². The second-order valence-electron chi connectivity index (χ2n) is 4.15. The van der Waals surface area contributed by atoms with Crippen LogP contribution in [0.2, 0.25) is 0 Å². The summed E-state index contributed by atoms with van der Waals surface area (Å²) >= 11 is 1.73. The van der Waals surface area contributed by atoms with Crippen LogP contribution in [0, 0.1) is 0 Å². The molecule has 16 heavy (non-hydrogen) atoms. The molecule has 3 nitrogen and oxygen atoms in total. The molecule has 0 aromatic carbocycles. The highest BCUT2D eigenvalue weighted by Crippen LogP contribution is 2.23. The molecule has 4 heteroatoms. The van der Waals surface area contributed by atoms with Crippen molar-refractivity contribution in [1.82, 2.24) is 10.3 Å². The Morgan fingerprint density at radius 2 is 2.19 bits per heavy atom. The molecule has 0 aliphatic rings. The van der Waals surface area contributed by atoms with Gasteiger partial charge in [0, 0.05) is 25.0 Å². The molecular formula is C12H23N3S. The van der Waals surface area contributed by atoms with Crippen LogP contribution in [-0.2, 0) is 0 Å². The molecule has 0 bridgehead atoms. The molecule has 0 saturated heterocycles. The standard InChI is InChI=1S/C12H23N3S/c1-5-7-13-10(3)11-9-16-12(14-11)15(4)8-6-2/h9-10,13H,5-8H2,1-4H3. The molecule has 0 radical (unpaired) electrons. The van der Waals surface area contributed by atoms with E-state index in [0.717, 1.165) is 36.8 Å². The van der Waals surface area contributed by atoms with E-state index in [1.165, 1.54) is 0 Å². The molecule has 0 aliphatic carbocycles. The van der Waals surface area contributed by atoms with E-state index in [-0.39, 0.29) is 0 Å². The Kier molecular flexibility index (Phi) is 5.77. The Hall–Kier alpha value is -0.610. The van der Waals surface area contributed by atoms with Gasteiger partial charge in [0.2, 0.25) is 0 Å². The average Bonchev–Trinajstić information content (AvgIpc) is 2.75. The molecule has 1 aromatic rings. The fraction of sp³-hybridized carbons (Fsp3) is 0.750. The predicted molar refractivity (Wildman–Crippen MR) is 72.4 cm³/mol. The molecule has 92 valence electrons. The highest BCUT2D eigenvalue weighted by Gasteiger charge is 2.11. The highest BCUT2D eigenvalue weighted by molar-refractivity contribution is 7.13. The third-order valence-corrected chi connectivity index (χ3v) is 3.51. The van der Waals surface area contributed by atoms with Crippen molar-refractivity contribution in [3.8, 4) is 0 Å². The van der Waals surface area contributed by atoms with Gasteiger partial charge >= 0.3 is 0 Å².